The maximum Gasteiger partial charge on any atom is 0.416 e. The predicted molar refractivity (Wildman–Crippen MR) is 65.0 cm³/mol. The van der Waals surface area contributed by atoms with Crippen LogP contribution in [0.25, 0.3) is 0 Å². The number of benzene rings is 1. The number of carbonyl (C=O) groups is 1. The number of nitrogens with one attached hydrogen (secondary N) is 1. The first-order valence-electron chi connectivity index (χ1n) is 5.53. The van der Waals surface area contributed by atoms with Crippen LogP contribution in [0.15, 0.2) is 23.1 Å². The maximum absolute atomic E-state index is 12.7. The molecule has 0 spiro atoms. The van der Waals surface area contributed by atoms with Crippen molar-refractivity contribution >= 4 is 16.0 Å². The van der Waals surface area contributed by atoms with E-state index in [-0.39, 0.29) is 0 Å². The fourth-order valence-electron chi connectivity index (χ4n) is 1.63. The second-order valence-electron chi connectivity index (χ2n) is 4.12. The average Bonchev–Trinajstić information content (AvgIpc) is 2.34. The minimum absolute atomic E-state index is 0.556. The van der Waals surface area contributed by atoms with Crippen molar-refractivity contribution < 1.29 is 36.6 Å². The molecule has 1 atom stereocenters. The molecule has 0 aromatic heterocycles. The molecule has 1 aromatic rings. The first-order chi connectivity index (χ1) is 9.50. The number of aliphatic carboxylic acids is 1. The Bertz CT molecular complexity index is 642. The summed E-state index contributed by atoms with van der Waals surface area (Å²) in [6, 6.07) is 0.695. The third-order valence-electron chi connectivity index (χ3n) is 2.66. The van der Waals surface area contributed by atoms with Crippen LogP contribution in [0, 0.1) is 6.92 Å². The van der Waals surface area contributed by atoms with E-state index >= 15 is 0 Å². The van der Waals surface area contributed by atoms with Crippen LogP contribution in [0.5, 0.6) is 0 Å². The highest BCUT2D eigenvalue weighted by molar-refractivity contribution is 7.89. The molecule has 0 amide bonds. The van der Waals surface area contributed by atoms with E-state index in [0.717, 1.165) is 25.1 Å². The fourth-order valence-corrected chi connectivity index (χ4v) is 3.08. The number of hydrogen-bond acceptors (Lipinski definition) is 4. The Morgan fingerprint density at radius 1 is 1.38 bits per heavy atom. The molecule has 1 aromatic carbocycles. The Morgan fingerprint density at radius 3 is 2.38 bits per heavy atom. The lowest BCUT2D eigenvalue weighted by Gasteiger charge is -2.16. The van der Waals surface area contributed by atoms with E-state index in [1.807, 2.05) is 0 Å². The molecule has 0 bridgehead atoms. The summed E-state index contributed by atoms with van der Waals surface area (Å²) < 4.78 is 63.7. The van der Waals surface area contributed by atoms with Crippen molar-refractivity contribution in [1.29, 1.82) is 0 Å². The standard InChI is InChI=1S/C11H12F3NO5S/c1-6-7(11(12,13)14)3-2-4-9(6)21(19,20)15-8(5-16)10(17)18/h2-4,8,15-16H,5H2,1H3,(H,17,18)/t8-/m1/s1. The number of sulfonamides is 1. The molecule has 1 rings (SSSR count). The van der Waals surface area contributed by atoms with E-state index in [4.69, 9.17) is 10.2 Å². The third kappa shape index (κ3) is 3.93. The SMILES string of the molecule is Cc1c(C(F)(F)F)cccc1S(=O)(=O)N[C@H](CO)C(=O)O. The molecule has 118 valence electrons. The summed E-state index contributed by atoms with van der Waals surface area (Å²) in [6.45, 7) is -0.0708. The van der Waals surface area contributed by atoms with Crippen molar-refractivity contribution in [2.45, 2.75) is 24.0 Å². The molecule has 0 aliphatic carbocycles. The molecule has 0 fully saturated rings. The monoisotopic (exact) mass is 327 g/mol. The first kappa shape index (κ1) is 17.4. The average molecular weight is 327 g/mol. The fraction of sp³-hybridized carbons (Fsp3) is 0.364. The summed E-state index contributed by atoms with van der Waals surface area (Å²) in [6.07, 6.45) is -4.74. The smallest absolute Gasteiger partial charge is 0.416 e. The predicted octanol–water partition coefficient (Wildman–Crippen LogP) is 0.738. The molecule has 21 heavy (non-hydrogen) atoms. The molecular formula is C11H12F3NO5S. The Kier molecular flexibility index (Phi) is 4.97. The van der Waals surface area contributed by atoms with Crippen LogP contribution in [-0.2, 0) is 21.0 Å². The van der Waals surface area contributed by atoms with Gasteiger partial charge in [0.15, 0.2) is 0 Å². The zero-order valence-electron chi connectivity index (χ0n) is 10.7. The molecule has 0 saturated carbocycles. The lowest BCUT2D eigenvalue weighted by atomic mass is 10.1. The lowest BCUT2D eigenvalue weighted by Crippen LogP contribution is -2.43. The third-order valence-corrected chi connectivity index (χ3v) is 4.27. The Balaban J connectivity index is 3.30. The van der Waals surface area contributed by atoms with Crippen LogP contribution in [0.4, 0.5) is 13.2 Å². The lowest BCUT2D eigenvalue weighted by molar-refractivity contribution is -0.140. The van der Waals surface area contributed by atoms with E-state index in [0.29, 0.717) is 0 Å². The van der Waals surface area contributed by atoms with Crippen LogP contribution in [0.3, 0.4) is 0 Å². The van der Waals surface area contributed by atoms with Gasteiger partial charge >= 0.3 is 12.1 Å². The molecule has 0 radical (unpaired) electrons. The van der Waals surface area contributed by atoms with Gasteiger partial charge in [0.1, 0.15) is 6.04 Å². The van der Waals surface area contributed by atoms with Gasteiger partial charge in [0, 0.05) is 0 Å². The van der Waals surface area contributed by atoms with Gasteiger partial charge in [-0.15, -0.1) is 0 Å². The molecule has 0 saturated heterocycles. The quantitative estimate of drug-likeness (QED) is 0.740. The largest absolute Gasteiger partial charge is 0.480 e. The van der Waals surface area contributed by atoms with E-state index in [9.17, 15) is 26.4 Å². The summed E-state index contributed by atoms with van der Waals surface area (Å²) >= 11 is 0. The van der Waals surface area contributed by atoms with Crippen LogP contribution < -0.4 is 4.72 Å². The number of aliphatic hydroxyl groups is 1. The summed E-state index contributed by atoms with van der Waals surface area (Å²) in [5, 5.41) is 17.4. The van der Waals surface area contributed by atoms with Crippen LogP contribution in [0.2, 0.25) is 0 Å². The van der Waals surface area contributed by atoms with Crippen molar-refractivity contribution in [2.24, 2.45) is 0 Å². The van der Waals surface area contributed by atoms with Gasteiger partial charge in [-0.05, 0) is 24.6 Å². The molecular weight excluding hydrogens is 315 g/mol. The maximum atomic E-state index is 12.7. The summed E-state index contributed by atoms with van der Waals surface area (Å²) in [4.78, 5) is 9.99. The van der Waals surface area contributed by atoms with Gasteiger partial charge < -0.3 is 10.2 Å². The van der Waals surface area contributed by atoms with E-state index < -0.39 is 50.8 Å². The highest BCUT2D eigenvalue weighted by Gasteiger charge is 2.35. The number of aliphatic hydroxyl groups excluding tert-OH is 1. The topological polar surface area (TPSA) is 104 Å². The second-order valence-corrected chi connectivity index (χ2v) is 5.80. The van der Waals surface area contributed by atoms with Gasteiger partial charge in [0.2, 0.25) is 10.0 Å². The summed E-state index contributed by atoms with van der Waals surface area (Å²) in [5.41, 5.74) is -1.69. The van der Waals surface area contributed by atoms with Gasteiger partial charge in [-0.25, -0.2) is 8.42 Å². The van der Waals surface area contributed by atoms with Crippen molar-refractivity contribution in [3.63, 3.8) is 0 Å². The van der Waals surface area contributed by atoms with Gasteiger partial charge in [0.05, 0.1) is 17.1 Å². The van der Waals surface area contributed by atoms with E-state index in [1.54, 1.807) is 4.72 Å². The number of carboxylic acids is 1. The first-order valence-corrected chi connectivity index (χ1v) is 7.02. The van der Waals surface area contributed by atoms with E-state index in [1.165, 1.54) is 0 Å². The molecule has 3 N–H and O–H groups in total. The molecule has 0 heterocycles. The van der Waals surface area contributed by atoms with Crippen molar-refractivity contribution in [2.75, 3.05) is 6.61 Å². The number of rotatable bonds is 5. The number of carboxylic acid groups (broad SMARTS) is 1. The van der Waals surface area contributed by atoms with E-state index in [2.05, 4.69) is 0 Å². The minimum atomic E-state index is -4.74. The highest BCUT2D eigenvalue weighted by Crippen LogP contribution is 2.34. The minimum Gasteiger partial charge on any atom is -0.480 e. The van der Waals surface area contributed by atoms with Gasteiger partial charge in [-0.3, -0.25) is 4.79 Å². The van der Waals surface area contributed by atoms with Crippen molar-refractivity contribution in [3.05, 3.63) is 29.3 Å². The number of halogens is 3. The molecule has 10 heteroatoms. The van der Waals surface area contributed by atoms with Crippen LogP contribution in [0.1, 0.15) is 11.1 Å². The van der Waals surface area contributed by atoms with Crippen molar-refractivity contribution in [1.82, 2.24) is 4.72 Å². The van der Waals surface area contributed by atoms with Gasteiger partial charge in [-0.1, -0.05) is 6.07 Å². The number of alkyl halides is 3. The summed E-state index contributed by atoms with van der Waals surface area (Å²) in [5.74, 6) is -1.65. The zero-order valence-corrected chi connectivity index (χ0v) is 11.5. The summed E-state index contributed by atoms with van der Waals surface area (Å²) in [7, 11) is -4.52. The normalized spacial score (nSPS) is 14.0. The molecule has 0 aliphatic rings. The molecule has 0 aliphatic heterocycles. The molecule has 6 nitrogen and oxygen atoms in total. The zero-order chi connectivity index (χ0) is 16.4. The molecule has 0 unspecified atom stereocenters. The highest BCUT2D eigenvalue weighted by atomic mass is 32.2. The Labute approximate surface area is 118 Å². The van der Waals surface area contributed by atoms with Gasteiger partial charge in [-0.2, -0.15) is 17.9 Å². The van der Waals surface area contributed by atoms with Gasteiger partial charge in [0.25, 0.3) is 0 Å². The van der Waals surface area contributed by atoms with Crippen LogP contribution in [-0.4, -0.2) is 37.2 Å². The Hall–Kier alpha value is -1.65. The Morgan fingerprint density at radius 2 is 1.95 bits per heavy atom. The van der Waals surface area contributed by atoms with Crippen molar-refractivity contribution in [3.8, 4) is 0 Å². The second kappa shape index (κ2) is 6.00. The number of hydrogen-bond donors (Lipinski definition) is 3. The van der Waals surface area contributed by atoms with Crippen LogP contribution >= 0.6 is 0 Å².